The number of rotatable bonds is 3. The fourth-order valence-electron chi connectivity index (χ4n) is 1.76. The van der Waals surface area contributed by atoms with E-state index in [4.69, 9.17) is 5.11 Å². The molecule has 0 saturated heterocycles. The highest BCUT2D eigenvalue weighted by atomic mass is 19.1. The molecule has 88 valence electrons. The first-order chi connectivity index (χ1) is 8.19. The first kappa shape index (κ1) is 11.8. The van der Waals surface area contributed by atoms with E-state index in [-0.39, 0.29) is 12.4 Å². The summed E-state index contributed by atoms with van der Waals surface area (Å²) in [5.41, 5.74) is 3.55. The normalized spacial score (nSPS) is 10.5. The van der Waals surface area contributed by atoms with E-state index < -0.39 is 0 Å². The Morgan fingerprint density at radius 3 is 2.24 bits per heavy atom. The molecule has 0 spiro atoms. The molecule has 2 heteroatoms. The Morgan fingerprint density at radius 2 is 1.65 bits per heavy atom. The lowest BCUT2D eigenvalue weighted by Crippen LogP contribution is -1.95. The summed E-state index contributed by atoms with van der Waals surface area (Å²) >= 11 is 0. The molecule has 0 fully saturated rings. The highest BCUT2D eigenvalue weighted by Gasteiger charge is 2.04. The molecule has 2 aromatic carbocycles. The third-order valence-corrected chi connectivity index (χ3v) is 2.82. The van der Waals surface area contributed by atoms with Gasteiger partial charge in [0.1, 0.15) is 5.82 Å². The van der Waals surface area contributed by atoms with Gasteiger partial charge in [-0.2, -0.15) is 0 Å². The maximum atomic E-state index is 13.7. The lowest BCUT2D eigenvalue weighted by molar-refractivity contribution is 0.281. The molecule has 0 saturated carbocycles. The van der Waals surface area contributed by atoms with Gasteiger partial charge >= 0.3 is 0 Å². The van der Waals surface area contributed by atoms with E-state index in [0.29, 0.717) is 17.5 Å². The van der Waals surface area contributed by atoms with Gasteiger partial charge in [-0.15, -0.1) is 0 Å². The third kappa shape index (κ3) is 2.92. The van der Waals surface area contributed by atoms with Crippen LogP contribution in [0, 0.1) is 12.7 Å². The van der Waals surface area contributed by atoms with Gasteiger partial charge in [0, 0.05) is 6.42 Å². The van der Waals surface area contributed by atoms with Crippen LogP contribution in [0.2, 0.25) is 0 Å². The summed E-state index contributed by atoms with van der Waals surface area (Å²) in [5.74, 6) is -0.253. The summed E-state index contributed by atoms with van der Waals surface area (Å²) in [6.07, 6.45) is 0.581. The summed E-state index contributed by atoms with van der Waals surface area (Å²) in [6.45, 7) is 1.90. The van der Waals surface area contributed by atoms with Crippen molar-refractivity contribution in [2.75, 3.05) is 0 Å². The Kier molecular flexibility index (Phi) is 3.55. The molecular formula is C15H15FO. The molecule has 0 aliphatic carbocycles. The standard InChI is InChI=1S/C15H15FO/c1-11-2-4-12(5-3-11)8-14-7-6-13(10-17)9-15(14)16/h2-7,9,17H,8,10H2,1H3. The molecule has 17 heavy (non-hydrogen) atoms. The molecule has 0 aliphatic rings. The SMILES string of the molecule is Cc1ccc(Cc2ccc(CO)cc2F)cc1. The van der Waals surface area contributed by atoms with Gasteiger partial charge in [-0.25, -0.2) is 4.39 Å². The number of aliphatic hydroxyl groups is 1. The van der Waals surface area contributed by atoms with Crippen LogP contribution in [0.3, 0.4) is 0 Å². The van der Waals surface area contributed by atoms with Crippen LogP contribution < -0.4 is 0 Å². The quantitative estimate of drug-likeness (QED) is 0.858. The summed E-state index contributed by atoms with van der Waals surface area (Å²) < 4.78 is 13.7. The van der Waals surface area contributed by atoms with E-state index in [2.05, 4.69) is 0 Å². The van der Waals surface area contributed by atoms with Gasteiger partial charge in [0.15, 0.2) is 0 Å². The smallest absolute Gasteiger partial charge is 0.127 e. The fraction of sp³-hybridized carbons (Fsp3) is 0.200. The van der Waals surface area contributed by atoms with Gasteiger partial charge in [-0.3, -0.25) is 0 Å². The van der Waals surface area contributed by atoms with Crippen LogP contribution in [0.25, 0.3) is 0 Å². The molecule has 0 amide bonds. The van der Waals surface area contributed by atoms with E-state index >= 15 is 0 Å². The van der Waals surface area contributed by atoms with Gasteiger partial charge in [0.25, 0.3) is 0 Å². The molecule has 0 bridgehead atoms. The van der Waals surface area contributed by atoms with Crippen molar-refractivity contribution < 1.29 is 9.50 Å². The highest BCUT2D eigenvalue weighted by Crippen LogP contribution is 2.15. The van der Waals surface area contributed by atoms with Crippen molar-refractivity contribution >= 4 is 0 Å². The predicted octanol–water partition coefficient (Wildman–Crippen LogP) is 3.22. The Labute approximate surface area is 101 Å². The van der Waals surface area contributed by atoms with Crippen molar-refractivity contribution in [1.82, 2.24) is 0 Å². The van der Waals surface area contributed by atoms with Crippen LogP contribution in [0.15, 0.2) is 42.5 Å². The van der Waals surface area contributed by atoms with E-state index in [0.717, 1.165) is 5.56 Å². The average Bonchev–Trinajstić information content (AvgIpc) is 2.34. The van der Waals surface area contributed by atoms with E-state index in [1.165, 1.54) is 11.6 Å². The van der Waals surface area contributed by atoms with Gasteiger partial charge < -0.3 is 5.11 Å². The molecule has 0 aliphatic heterocycles. The largest absolute Gasteiger partial charge is 0.392 e. The summed E-state index contributed by atoms with van der Waals surface area (Å²) in [5, 5.41) is 8.91. The predicted molar refractivity (Wildman–Crippen MR) is 66.3 cm³/mol. The average molecular weight is 230 g/mol. The number of aryl methyl sites for hydroxylation is 1. The maximum Gasteiger partial charge on any atom is 0.127 e. The number of hydrogen-bond donors (Lipinski definition) is 1. The maximum absolute atomic E-state index is 13.7. The second-order valence-electron chi connectivity index (χ2n) is 4.25. The lowest BCUT2D eigenvalue weighted by Gasteiger charge is -2.05. The first-order valence-corrected chi connectivity index (χ1v) is 5.63. The molecule has 0 atom stereocenters. The van der Waals surface area contributed by atoms with Crippen molar-refractivity contribution in [2.45, 2.75) is 20.0 Å². The first-order valence-electron chi connectivity index (χ1n) is 5.63. The zero-order chi connectivity index (χ0) is 12.3. The highest BCUT2D eigenvalue weighted by molar-refractivity contribution is 5.31. The van der Waals surface area contributed by atoms with Crippen molar-refractivity contribution in [3.63, 3.8) is 0 Å². The molecule has 2 rings (SSSR count). The molecule has 1 nitrogen and oxygen atoms in total. The Hall–Kier alpha value is -1.67. The monoisotopic (exact) mass is 230 g/mol. The fourth-order valence-corrected chi connectivity index (χ4v) is 1.76. The second-order valence-corrected chi connectivity index (χ2v) is 4.25. The molecule has 0 aromatic heterocycles. The van der Waals surface area contributed by atoms with Crippen molar-refractivity contribution in [2.24, 2.45) is 0 Å². The van der Waals surface area contributed by atoms with Crippen LogP contribution in [-0.4, -0.2) is 5.11 Å². The van der Waals surface area contributed by atoms with Crippen LogP contribution in [-0.2, 0) is 13.0 Å². The number of halogens is 1. The van der Waals surface area contributed by atoms with Crippen LogP contribution >= 0.6 is 0 Å². The van der Waals surface area contributed by atoms with E-state index in [9.17, 15) is 4.39 Å². The minimum atomic E-state index is -0.253. The van der Waals surface area contributed by atoms with Crippen LogP contribution in [0.5, 0.6) is 0 Å². The molecule has 0 unspecified atom stereocenters. The van der Waals surface area contributed by atoms with Gasteiger partial charge in [-0.1, -0.05) is 42.0 Å². The Bertz CT molecular complexity index is 503. The summed E-state index contributed by atoms with van der Waals surface area (Å²) in [4.78, 5) is 0. The van der Waals surface area contributed by atoms with Crippen molar-refractivity contribution in [3.8, 4) is 0 Å². The topological polar surface area (TPSA) is 20.2 Å². The minimum Gasteiger partial charge on any atom is -0.392 e. The second kappa shape index (κ2) is 5.11. The number of aliphatic hydroxyl groups excluding tert-OH is 1. The summed E-state index contributed by atoms with van der Waals surface area (Å²) in [7, 11) is 0. The zero-order valence-electron chi connectivity index (χ0n) is 9.78. The molecule has 1 N–H and O–H groups in total. The minimum absolute atomic E-state index is 0.123. The zero-order valence-corrected chi connectivity index (χ0v) is 9.78. The Balaban J connectivity index is 2.21. The summed E-state index contributed by atoms with van der Waals surface area (Å²) in [6, 6.07) is 12.9. The van der Waals surface area contributed by atoms with E-state index in [1.807, 2.05) is 31.2 Å². The van der Waals surface area contributed by atoms with Gasteiger partial charge in [-0.05, 0) is 29.7 Å². The Morgan fingerprint density at radius 1 is 1.00 bits per heavy atom. The molecular weight excluding hydrogens is 215 g/mol. The van der Waals surface area contributed by atoms with E-state index in [1.54, 1.807) is 12.1 Å². The molecule has 0 radical (unpaired) electrons. The van der Waals surface area contributed by atoms with Crippen molar-refractivity contribution in [3.05, 3.63) is 70.5 Å². The lowest BCUT2D eigenvalue weighted by atomic mass is 10.0. The third-order valence-electron chi connectivity index (χ3n) is 2.82. The molecule has 2 aromatic rings. The van der Waals surface area contributed by atoms with Crippen LogP contribution in [0.1, 0.15) is 22.3 Å². The number of hydrogen-bond acceptors (Lipinski definition) is 1. The van der Waals surface area contributed by atoms with Crippen molar-refractivity contribution in [1.29, 1.82) is 0 Å². The van der Waals surface area contributed by atoms with Gasteiger partial charge in [0.2, 0.25) is 0 Å². The van der Waals surface area contributed by atoms with Gasteiger partial charge in [0.05, 0.1) is 6.61 Å². The molecule has 0 heterocycles. The number of benzene rings is 2. The van der Waals surface area contributed by atoms with Crippen LogP contribution in [0.4, 0.5) is 4.39 Å².